The lowest BCUT2D eigenvalue weighted by Gasteiger charge is -2.42. The second-order valence-electron chi connectivity index (χ2n) is 12.1. The molecule has 1 aliphatic carbocycles. The number of anilines is 1. The number of rotatable bonds is 6. The number of fused-ring (bicyclic) bond motifs is 2. The van der Waals surface area contributed by atoms with Crippen molar-refractivity contribution in [2.45, 2.75) is 77.2 Å². The van der Waals surface area contributed by atoms with E-state index in [1.807, 2.05) is 4.90 Å². The average molecular weight is 524 g/mol. The van der Waals surface area contributed by atoms with Crippen LogP contribution in [0.2, 0.25) is 0 Å². The maximum absolute atomic E-state index is 14.2. The molecular weight excluding hydrogens is 483 g/mol. The van der Waals surface area contributed by atoms with E-state index >= 15 is 0 Å². The number of hydrogen-bond acceptors (Lipinski definition) is 5. The van der Waals surface area contributed by atoms with E-state index < -0.39 is 11.7 Å². The van der Waals surface area contributed by atoms with Crippen molar-refractivity contribution in [2.24, 2.45) is 29.1 Å². The smallest absolute Gasteiger partial charge is 0.379 e. The summed E-state index contributed by atoms with van der Waals surface area (Å²) in [6.07, 6.45) is 1.89. The van der Waals surface area contributed by atoms with Crippen molar-refractivity contribution in [3.63, 3.8) is 0 Å². The van der Waals surface area contributed by atoms with E-state index in [2.05, 4.69) is 30.7 Å². The highest BCUT2D eigenvalue weighted by Gasteiger charge is 2.57. The lowest BCUT2D eigenvalue weighted by molar-refractivity contribution is -0.146. The summed E-state index contributed by atoms with van der Waals surface area (Å²) in [7, 11) is 1.75. The van der Waals surface area contributed by atoms with Gasteiger partial charge in [0.05, 0.1) is 35.8 Å². The minimum absolute atomic E-state index is 0.00289. The number of carbonyl (C=O) groups excluding carboxylic acids is 1. The number of pyridine rings is 1. The van der Waals surface area contributed by atoms with E-state index in [9.17, 15) is 18.0 Å². The Hall–Kier alpha value is -1.87. The molecule has 1 amide bonds. The third-order valence-corrected chi connectivity index (χ3v) is 9.97. The summed E-state index contributed by atoms with van der Waals surface area (Å²) in [4.78, 5) is 22.5. The van der Waals surface area contributed by atoms with Gasteiger partial charge in [0.2, 0.25) is 5.91 Å². The van der Waals surface area contributed by atoms with Gasteiger partial charge in [-0.25, -0.2) is 4.98 Å². The quantitative estimate of drug-likeness (QED) is 0.524. The monoisotopic (exact) mass is 523 g/mol. The number of carbonyl (C=O) groups is 1. The predicted molar refractivity (Wildman–Crippen MR) is 134 cm³/mol. The molecule has 9 heteroatoms. The number of piperazine rings is 1. The van der Waals surface area contributed by atoms with Gasteiger partial charge in [0.15, 0.2) is 0 Å². The molecule has 4 aliphatic rings. The van der Waals surface area contributed by atoms with E-state index in [0.717, 1.165) is 50.8 Å². The Morgan fingerprint density at radius 1 is 1.27 bits per heavy atom. The number of nitrogens with zero attached hydrogens (tertiary/aromatic N) is 3. The summed E-state index contributed by atoms with van der Waals surface area (Å²) in [6.45, 7) is 8.96. The van der Waals surface area contributed by atoms with Gasteiger partial charge in [-0.3, -0.25) is 4.79 Å². The normalized spacial score (nSPS) is 36.1. The molecule has 1 aromatic heterocycles. The van der Waals surface area contributed by atoms with Gasteiger partial charge < -0.3 is 19.3 Å². The number of likely N-dealkylation sites (tertiary alicyclic amines) is 1. The minimum Gasteiger partial charge on any atom is -0.379 e. The Morgan fingerprint density at radius 3 is 2.70 bits per heavy atom. The van der Waals surface area contributed by atoms with Crippen molar-refractivity contribution in [1.82, 2.24) is 9.88 Å². The highest BCUT2D eigenvalue weighted by Crippen LogP contribution is 2.52. The molecule has 4 heterocycles. The Morgan fingerprint density at radius 2 is 2.05 bits per heavy atom. The summed E-state index contributed by atoms with van der Waals surface area (Å²) in [6, 6.07) is 2.13. The molecule has 37 heavy (non-hydrogen) atoms. The molecule has 1 saturated carbocycles. The van der Waals surface area contributed by atoms with E-state index in [0.29, 0.717) is 37.4 Å². The zero-order chi connectivity index (χ0) is 26.5. The van der Waals surface area contributed by atoms with Crippen molar-refractivity contribution in [1.29, 1.82) is 0 Å². The number of methoxy groups -OCH3 is 1. The summed E-state index contributed by atoms with van der Waals surface area (Å²) in [5, 5.41) is 0. The van der Waals surface area contributed by atoms with Crippen LogP contribution in [-0.4, -0.2) is 67.4 Å². The molecule has 0 radical (unpaired) electrons. The van der Waals surface area contributed by atoms with E-state index in [1.165, 1.54) is 6.20 Å². The molecular formula is C28H40F3N3O3. The molecule has 0 spiro atoms. The zero-order valence-electron chi connectivity index (χ0n) is 22.3. The molecule has 7 atom stereocenters. The maximum Gasteiger partial charge on any atom is 0.416 e. The molecule has 4 fully saturated rings. The third kappa shape index (κ3) is 4.75. The van der Waals surface area contributed by atoms with Crippen LogP contribution in [-0.2, 0) is 20.4 Å². The molecule has 5 rings (SSSR count). The first-order valence-corrected chi connectivity index (χ1v) is 13.8. The van der Waals surface area contributed by atoms with Crippen LogP contribution in [0.25, 0.3) is 0 Å². The number of amides is 1. The fourth-order valence-electron chi connectivity index (χ4n) is 7.62. The highest BCUT2D eigenvalue weighted by molar-refractivity contribution is 5.84. The van der Waals surface area contributed by atoms with E-state index in [-0.39, 0.29) is 41.3 Å². The Kier molecular flexibility index (Phi) is 7.24. The van der Waals surface area contributed by atoms with Crippen LogP contribution >= 0.6 is 0 Å². The standard InChI is InChI=1S/C28H40F3N3O3/c1-17(2)27(8-5-19(13-27)11-20-7-10-37-16-24(20)36-4)26(35)34-15-22-18(3)23(34)14-33(22)25-12-21(6-9-32-25)28(29,30)31/h6,9,12,17-20,22-24H,5,7-8,10-11,13-16H2,1-4H3/t18?,19-,20+,22+,23+,24+,27-/m0/s1. The van der Waals surface area contributed by atoms with Crippen LogP contribution in [0.3, 0.4) is 0 Å². The minimum atomic E-state index is -4.40. The summed E-state index contributed by atoms with van der Waals surface area (Å²) in [5.41, 5.74) is -1.06. The first-order valence-electron chi connectivity index (χ1n) is 13.8. The first-order chi connectivity index (χ1) is 17.5. The molecule has 1 unspecified atom stereocenters. The van der Waals surface area contributed by atoms with Gasteiger partial charge in [-0.15, -0.1) is 0 Å². The number of halogens is 3. The van der Waals surface area contributed by atoms with Crippen molar-refractivity contribution >= 4 is 11.7 Å². The van der Waals surface area contributed by atoms with Crippen molar-refractivity contribution in [2.75, 3.05) is 38.3 Å². The van der Waals surface area contributed by atoms with E-state index in [1.54, 1.807) is 7.11 Å². The van der Waals surface area contributed by atoms with Crippen LogP contribution in [0, 0.1) is 29.1 Å². The fourth-order valence-corrected chi connectivity index (χ4v) is 7.62. The van der Waals surface area contributed by atoms with E-state index in [4.69, 9.17) is 9.47 Å². The van der Waals surface area contributed by atoms with Crippen LogP contribution in [0.1, 0.15) is 58.4 Å². The van der Waals surface area contributed by atoms with Crippen LogP contribution in [0.15, 0.2) is 18.3 Å². The van der Waals surface area contributed by atoms with Gasteiger partial charge in [-0.2, -0.15) is 13.2 Å². The molecule has 0 N–H and O–H groups in total. The average Bonchev–Trinajstić information content (AvgIpc) is 3.55. The molecule has 1 aromatic rings. The third-order valence-electron chi connectivity index (χ3n) is 9.97. The lowest BCUT2D eigenvalue weighted by atomic mass is 9.73. The molecule has 3 saturated heterocycles. The largest absolute Gasteiger partial charge is 0.416 e. The first kappa shape index (κ1) is 26.7. The predicted octanol–water partition coefficient (Wildman–Crippen LogP) is 5.02. The number of hydrogen-bond donors (Lipinski definition) is 0. The molecule has 0 aromatic carbocycles. The van der Waals surface area contributed by atoms with Crippen molar-refractivity contribution in [3.05, 3.63) is 23.9 Å². The maximum atomic E-state index is 14.2. The van der Waals surface area contributed by atoms with Gasteiger partial charge in [0.25, 0.3) is 0 Å². The summed E-state index contributed by atoms with van der Waals surface area (Å²) in [5.74, 6) is 1.98. The van der Waals surface area contributed by atoms with Gasteiger partial charge in [-0.1, -0.05) is 20.8 Å². The van der Waals surface area contributed by atoms with Gasteiger partial charge in [0, 0.05) is 38.9 Å². The molecule has 2 bridgehead atoms. The summed E-state index contributed by atoms with van der Waals surface area (Å²) >= 11 is 0. The van der Waals surface area contributed by atoms with Crippen LogP contribution in [0.5, 0.6) is 0 Å². The molecule has 206 valence electrons. The van der Waals surface area contributed by atoms with Gasteiger partial charge in [-0.05, 0) is 62.0 Å². The SMILES string of the molecule is CO[C@@H]1COCC[C@@H]1C[C@@H]1CC[C@@](C(=O)N2C[C@@H]3C(C)[C@H]2CN3c2cc(C(F)(F)F)ccn2)(C(C)C)C1. The molecule has 3 aliphatic heterocycles. The topological polar surface area (TPSA) is 54.9 Å². The zero-order valence-corrected chi connectivity index (χ0v) is 22.3. The number of alkyl halides is 3. The Balaban J connectivity index is 1.29. The van der Waals surface area contributed by atoms with Gasteiger partial charge in [0.1, 0.15) is 5.82 Å². The van der Waals surface area contributed by atoms with Crippen molar-refractivity contribution < 1.29 is 27.4 Å². The highest BCUT2D eigenvalue weighted by atomic mass is 19.4. The molecule has 6 nitrogen and oxygen atoms in total. The van der Waals surface area contributed by atoms with Crippen LogP contribution in [0.4, 0.5) is 19.0 Å². The second kappa shape index (κ2) is 10.0. The van der Waals surface area contributed by atoms with Crippen molar-refractivity contribution in [3.8, 4) is 0 Å². The Labute approximate surface area is 217 Å². The summed E-state index contributed by atoms with van der Waals surface area (Å²) < 4.78 is 51.2. The fraction of sp³-hybridized carbons (Fsp3) is 0.786. The lowest BCUT2D eigenvalue weighted by Crippen LogP contribution is -2.54. The van der Waals surface area contributed by atoms with Crippen LogP contribution < -0.4 is 4.90 Å². The van der Waals surface area contributed by atoms with Gasteiger partial charge >= 0.3 is 6.18 Å². The number of ether oxygens (including phenoxy) is 2. The second-order valence-corrected chi connectivity index (χ2v) is 12.1. The Bertz CT molecular complexity index is 989. The number of aromatic nitrogens is 1.